The summed E-state index contributed by atoms with van der Waals surface area (Å²) in [5.41, 5.74) is 0.447. The molecule has 2 N–H and O–H groups in total. The first-order valence-electron chi connectivity index (χ1n) is 5.61. The van der Waals surface area contributed by atoms with Gasteiger partial charge in [-0.1, -0.05) is 11.6 Å². The molecule has 1 aliphatic rings. The summed E-state index contributed by atoms with van der Waals surface area (Å²) in [5, 5.41) is 5.93. The fourth-order valence-corrected chi connectivity index (χ4v) is 2.05. The second kappa shape index (κ2) is 6.92. The van der Waals surface area contributed by atoms with Crippen molar-refractivity contribution in [3.8, 4) is 0 Å². The van der Waals surface area contributed by atoms with Crippen molar-refractivity contribution in [3.63, 3.8) is 0 Å². The largest absolute Gasteiger partial charge is 0.326 e. The molecule has 1 atom stereocenters. The summed E-state index contributed by atoms with van der Waals surface area (Å²) in [6, 6.07) is 4.26. The molecule has 100 valence electrons. The molecule has 3 nitrogen and oxygen atoms in total. The van der Waals surface area contributed by atoms with Crippen LogP contribution in [0.2, 0.25) is 5.02 Å². The SMILES string of the molecule is Cl.O=C(CC1CCNC1)Nc1ccc(Cl)c(F)c1. The normalized spacial score (nSPS) is 18.2. The zero-order valence-corrected chi connectivity index (χ0v) is 11.3. The summed E-state index contributed by atoms with van der Waals surface area (Å²) in [6.45, 7) is 1.84. The highest BCUT2D eigenvalue weighted by molar-refractivity contribution is 6.30. The van der Waals surface area contributed by atoms with Gasteiger partial charge in [-0.2, -0.15) is 0 Å². The van der Waals surface area contributed by atoms with E-state index in [1.807, 2.05) is 0 Å². The summed E-state index contributed by atoms with van der Waals surface area (Å²) in [7, 11) is 0. The third-order valence-electron chi connectivity index (χ3n) is 2.84. The van der Waals surface area contributed by atoms with Crippen molar-refractivity contribution >= 4 is 35.6 Å². The number of benzene rings is 1. The fourth-order valence-electron chi connectivity index (χ4n) is 1.94. The molecule has 0 aliphatic carbocycles. The number of nitrogens with one attached hydrogen (secondary N) is 2. The Bertz CT molecular complexity index is 423. The van der Waals surface area contributed by atoms with Gasteiger partial charge in [-0.05, 0) is 43.6 Å². The molecule has 0 bridgehead atoms. The number of anilines is 1. The van der Waals surface area contributed by atoms with E-state index in [1.165, 1.54) is 12.1 Å². The van der Waals surface area contributed by atoms with Gasteiger partial charge in [-0.25, -0.2) is 4.39 Å². The van der Waals surface area contributed by atoms with Crippen molar-refractivity contribution in [2.75, 3.05) is 18.4 Å². The molecule has 0 saturated carbocycles. The van der Waals surface area contributed by atoms with Crippen LogP contribution in [0.4, 0.5) is 10.1 Å². The van der Waals surface area contributed by atoms with E-state index in [-0.39, 0.29) is 23.3 Å². The van der Waals surface area contributed by atoms with E-state index in [2.05, 4.69) is 10.6 Å². The van der Waals surface area contributed by atoms with E-state index >= 15 is 0 Å². The van der Waals surface area contributed by atoms with Crippen LogP contribution in [-0.2, 0) is 4.79 Å². The van der Waals surface area contributed by atoms with Crippen LogP contribution in [0.5, 0.6) is 0 Å². The van der Waals surface area contributed by atoms with E-state index in [0.29, 0.717) is 18.0 Å². The van der Waals surface area contributed by atoms with Crippen LogP contribution >= 0.6 is 24.0 Å². The highest BCUT2D eigenvalue weighted by Gasteiger charge is 2.18. The van der Waals surface area contributed by atoms with Gasteiger partial charge in [-0.3, -0.25) is 4.79 Å². The molecule has 6 heteroatoms. The predicted molar refractivity (Wildman–Crippen MR) is 72.9 cm³/mol. The monoisotopic (exact) mass is 292 g/mol. The van der Waals surface area contributed by atoms with Crippen molar-refractivity contribution < 1.29 is 9.18 Å². The Balaban J connectivity index is 0.00000162. The molecule has 2 rings (SSSR count). The minimum absolute atomic E-state index is 0. The number of halogens is 3. The van der Waals surface area contributed by atoms with E-state index in [0.717, 1.165) is 19.5 Å². The Kier molecular flexibility index (Phi) is 5.85. The maximum Gasteiger partial charge on any atom is 0.224 e. The van der Waals surface area contributed by atoms with E-state index in [1.54, 1.807) is 6.07 Å². The summed E-state index contributed by atoms with van der Waals surface area (Å²) in [5.74, 6) is -0.223. The van der Waals surface area contributed by atoms with Crippen LogP contribution in [0.3, 0.4) is 0 Å². The van der Waals surface area contributed by atoms with E-state index in [9.17, 15) is 9.18 Å². The first-order valence-corrected chi connectivity index (χ1v) is 5.98. The van der Waals surface area contributed by atoms with Gasteiger partial charge in [0.15, 0.2) is 0 Å². The van der Waals surface area contributed by atoms with Gasteiger partial charge in [0.1, 0.15) is 5.82 Å². The Morgan fingerprint density at radius 1 is 1.56 bits per heavy atom. The molecule has 1 amide bonds. The second-order valence-electron chi connectivity index (χ2n) is 4.24. The topological polar surface area (TPSA) is 41.1 Å². The standard InChI is InChI=1S/C12H14ClFN2O.ClH/c13-10-2-1-9(6-11(10)14)16-12(17)5-8-3-4-15-7-8;/h1-2,6,8,15H,3-5,7H2,(H,16,17);1H. The molecular formula is C12H15Cl2FN2O. The Morgan fingerprint density at radius 2 is 2.33 bits per heavy atom. The maximum atomic E-state index is 13.1. The Hall–Kier alpha value is -0.840. The lowest BCUT2D eigenvalue weighted by atomic mass is 10.0. The highest BCUT2D eigenvalue weighted by Crippen LogP contribution is 2.19. The summed E-state index contributed by atoms with van der Waals surface area (Å²) < 4.78 is 13.1. The maximum absolute atomic E-state index is 13.1. The van der Waals surface area contributed by atoms with Gasteiger partial charge in [0.25, 0.3) is 0 Å². The molecule has 18 heavy (non-hydrogen) atoms. The fraction of sp³-hybridized carbons (Fsp3) is 0.417. The Labute approximate surface area is 116 Å². The molecule has 0 spiro atoms. The van der Waals surface area contributed by atoms with Gasteiger partial charge in [0.2, 0.25) is 5.91 Å². The number of hydrogen-bond donors (Lipinski definition) is 2. The first-order chi connectivity index (χ1) is 8.15. The summed E-state index contributed by atoms with van der Waals surface area (Å²) >= 11 is 5.56. The number of carbonyl (C=O) groups excluding carboxylic acids is 1. The van der Waals surface area contributed by atoms with Gasteiger partial charge in [-0.15, -0.1) is 12.4 Å². The van der Waals surface area contributed by atoms with Crippen molar-refractivity contribution in [1.82, 2.24) is 5.32 Å². The predicted octanol–water partition coefficient (Wildman–Crippen LogP) is 2.84. The highest BCUT2D eigenvalue weighted by atomic mass is 35.5. The van der Waals surface area contributed by atoms with Gasteiger partial charge < -0.3 is 10.6 Å². The van der Waals surface area contributed by atoms with Crippen molar-refractivity contribution in [2.24, 2.45) is 5.92 Å². The van der Waals surface area contributed by atoms with Crippen molar-refractivity contribution in [1.29, 1.82) is 0 Å². The minimum Gasteiger partial charge on any atom is -0.326 e. The number of carbonyl (C=O) groups is 1. The molecular weight excluding hydrogens is 278 g/mol. The third-order valence-corrected chi connectivity index (χ3v) is 3.15. The lowest BCUT2D eigenvalue weighted by molar-refractivity contribution is -0.116. The minimum atomic E-state index is -0.521. The number of rotatable bonds is 3. The lowest BCUT2D eigenvalue weighted by Gasteiger charge is -2.09. The smallest absolute Gasteiger partial charge is 0.224 e. The van der Waals surface area contributed by atoms with E-state index < -0.39 is 5.82 Å². The van der Waals surface area contributed by atoms with Gasteiger partial charge in [0, 0.05) is 12.1 Å². The molecule has 1 aliphatic heterocycles. The number of amides is 1. The molecule has 1 fully saturated rings. The number of hydrogen-bond acceptors (Lipinski definition) is 2. The molecule has 0 radical (unpaired) electrons. The van der Waals surface area contributed by atoms with Crippen LogP contribution in [0, 0.1) is 11.7 Å². The quantitative estimate of drug-likeness (QED) is 0.899. The van der Waals surface area contributed by atoms with Gasteiger partial charge in [0.05, 0.1) is 5.02 Å². The van der Waals surface area contributed by atoms with Gasteiger partial charge >= 0.3 is 0 Å². The second-order valence-corrected chi connectivity index (χ2v) is 4.65. The van der Waals surface area contributed by atoms with Crippen molar-refractivity contribution in [3.05, 3.63) is 29.0 Å². The van der Waals surface area contributed by atoms with Crippen LogP contribution in [0.25, 0.3) is 0 Å². The van der Waals surface area contributed by atoms with E-state index in [4.69, 9.17) is 11.6 Å². The van der Waals surface area contributed by atoms with Crippen LogP contribution in [0.15, 0.2) is 18.2 Å². The zero-order chi connectivity index (χ0) is 12.3. The average molecular weight is 293 g/mol. The molecule has 1 heterocycles. The molecule has 1 aromatic carbocycles. The molecule has 1 aromatic rings. The average Bonchev–Trinajstić information content (AvgIpc) is 2.76. The summed E-state index contributed by atoms with van der Waals surface area (Å²) in [6.07, 6.45) is 1.49. The Morgan fingerprint density at radius 3 is 2.94 bits per heavy atom. The summed E-state index contributed by atoms with van der Waals surface area (Å²) in [4.78, 5) is 11.7. The first kappa shape index (κ1) is 15.2. The molecule has 0 aromatic heterocycles. The molecule has 1 saturated heterocycles. The van der Waals surface area contributed by atoms with Crippen LogP contribution in [0.1, 0.15) is 12.8 Å². The van der Waals surface area contributed by atoms with Crippen molar-refractivity contribution in [2.45, 2.75) is 12.8 Å². The zero-order valence-electron chi connectivity index (χ0n) is 9.71. The lowest BCUT2D eigenvalue weighted by Crippen LogP contribution is -2.18. The van der Waals surface area contributed by atoms with Crippen LogP contribution < -0.4 is 10.6 Å². The van der Waals surface area contributed by atoms with Crippen LogP contribution in [-0.4, -0.2) is 19.0 Å². The third kappa shape index (κ3) is 4.12. The molecule has 1 unspecified atom stereocenters.